The van der Waals surface area contributed by atoms with Gasteiger partial charge in [0.25, 0.3) is 0 Å². The number of aliphatic carboxylic acids is 1. The van der Waals surface area contributed by atoms with Crippen LogP contribution in [0.5, 0.6) is 0 Å². The van der Waals surface area contributed by atoms with Crippen LogP contribution < -0.4 is 10.6 Å². The number of aliphatic hydroxyl groups is 1. The highest BCUT2D eigenvalue weighted by atomic mass is 16.5. The molecule has 0 spiro atoms. The van der Waals surface area contributed by atoms with Crippen molar-refractivity contribution in [2.45, 2.75) is 37.8 Å². The number of carbonyl (C=O) groups is 3. The lowest BCUT2D eigenvalue weighted by atomic mass is 9.98. The summed E-state index contributed by atoms with van der Waals surface area (Å²) >= 11 is 0. The van der Waals surface area contributed by atoms with E-state index in [1.807, 2.05) is 36.4 Å². The second-order valence-corrected chi connectivity index (χ2v) is 7.42. The zero-order valence-electron chi connectivity index (χ0n) is 17.2. The molecule has 2 atom stereocenters. The first-order valence-corrected chi connectivity index (χ1v) is 10.2. The first-order chi connectivity index (χ1) is 14.9. The number of hydrogen-bond acceptors (Lipinski definition) is 5. The van der Waals surface area contributed by atoms with Crippen molar-refractivity contribution in [3.05, 3.63) is 59.7 Å². The highest BCUT2D eigenvalue weighted by molar-refractivity contribution is 5.84. The van der Waals surface area contributed by atoms with Gasteiger partial charge in [-0.15, -0.1) is 0 Å². The third-order valence-corrected chi connectivity index (χ3v) is 5.41. The molecule has 0 radical (unpaired) electrons. The number of nitrogens with one attached hydrogen (secondary N) is 2. The van der Waals surface area contributed by atoms with E-state index >= 15 is 0 Å². The lowest BCUT2D eigenvalue weighted by molar-refractivity contribution is -0.143. The van der Waals surface area contributed by atoms with Gasteiger partial charge in [-0.3, -0.25) is 4.79 Å². The van der Waals surface area contributed by atoms with Crippen LogP contribution in [0.3, 0.4) is 0 Å². The molecule has 0 bridgehead atoms. The van der Waals surface area contributed by atoms with Crippen LogP contribution in [-0.2, 0) is 14.3 Å². The molecule has 4 N–H and O–H groups in total. The maximum Gasteiger partial charge on any atom is 0.407 e. The maximum atomic E-state index is 12.4. The van der Waals surface area contributed by atoms with Gasteiger partial charge in [-0.25, -0.2) is 9.59 Å². The van der Waals surface area contributed by atoms with Gasteiger partial charge in [0.05, 0.1) is 6.61 Å². The fraction of sp³-hybridized carbons (Fsp3) is 0.348. The van der Waals surface area contributed by atoms with Gasteiger partial charge in [-0.1, -0.05) is 55.5 Å². The van der Waals surface area contributed by atoms with E-state index in [9.17, 15) is 14.4 Å². The smallest absolute Gasteiger partial charge is 0.407 e. The minimum atomic E-state index is -1.38. The molecular formula is C23H26N2O6. The number of ether oxygens (including phenoxy) is 1. The van der Waals surface area contributed by atoms with Crippen molar-refractivity contribution in [3.63, 3.8) is 0 Å². The molecule has 0 saturated heterocycles. The molecular weight excluding hydrogens is 400 g/mol. The van der Waals surface area contributed by atoms with Crippen LogP contribution in [0.1, 0.15) is 36.8 Å². The Labute approximate surface area is 180 Å². The summed E-state index contributed by atoms with van der Waals surface area (Å²) in [4.78, 5) is 35.3. The van der Waals surface area contributed by atoms with Crippen molar-refractivity contribution in [1.82, 2.24) is 10.6 Å². The highest BCUT2D eigenvalue weighted by Gasteiger charge is 2.29. The van der Waals surface area contributed by atoms with E-state index in [0.717, 1.165) is 22.3 Å². The Hall–Kier alpha value is -3.39. The summed E-state index contributed by atoms with van der Waals surface area (Å²) in [5.74, 6) is -1.97. The Balaban J connectivity index is 1.57. The lowest BCUT2D eigenvalue weighted by Crippen LogP contribution is -2.46. The Kier molecular flexibility index (Phi) is 7.25. The van der Waals surface area contributed by atoms with Crippen molar-refractivity contribution in [2.75, 3.05) is 13.2 Å². The van der Waals surface area contributed by atoms with Gasteiger partial charge in [0, 0.05) is 18.4 Å². The van der Waals surface area contributed by atoms with Crippen LogP contribution in [0.25, 0.3) is 11.1 Å². The van der Waals surface area contributed by atoms with Crippen LogP contribution in [0.15, 0.2) is 48.5 Å². The largest absolute Gasteiger partial charge is 0.480 e. The van der Waals surface area contributed by atoms with Crippen molar-refractivity contribution < 1.29 is 29.3 Å². The Morgan fingerprint density at radius 1 is 1.00 bits per heavy atom. The molecule has 31 heavy (non-hydrogen) atoms. The topological polar surface area (TPSA) is 125 Å². The SMILES string of the molecule is CC[C@H](CC(=O)N[C@H](CO)C(=O)O)NC(=O)OCC1c2ccccc2-c2ccccc21. The fourth-order valence-electron chi connectivity index (χ4n) is 3.77. The van der Waals surface area contributed by atoms with Gasteiger partial charge in [0.15, 0.2) is 0 Å². The van der Waals surface area contributed by atoms with Gasteiger partial charge in [0.1, 0.15) is 12.6 Å². The summed E-state index contributed by atoms with van der Waals surface area (Å²) in [6.45, 7) is 1.24. The molecule has 0 saturated carbocycles. The maximum absolute atomic E-state index is 12.4. The third-order valence-electron chi connectivity index (χ3n) is 5.41. The molecule has 2 amide bonds. The molecule has 3 rings (SSSR count). The van der Waals surface area contributed by atoms with E-state index in [1.165, 1.54) is 0 Å². The molecule has 164 valence electrons. The number of fused-ring (bicyclic) bond motifs is 3. The number of benzene rings is 2. The average molecular weight is 426 g/mol. The predicted octanol–water partition coefficient (Wildman–Crippen LogP) is 2.26. The molecule has 8 heteroatoms. The zero-order valence-corrected chi connectivity index (χ0v) is 17.2. The Morgan fingerprint density at radius 2 is 1.58 bits per heavy atom. The molecule has 2 aromatic rings. The number of hydrogen-bond donors (Lipinski definition) is 4. The first kappa shape index (κ1) is 22.3. The molecule has 1 aliphatic carbocycles. The van der Waals surface area contributed by atoms with Gasteiger partial charge < -0.3 is 25.6 Å². The van der Waals surface area contributed by atoms with E-state index in [-0.39, 0.29) is 18.9 Å². The Bertz CT molecular complexity index is 915. The summed E-state index contributed by atoms with van der Waals surface area (Å²) in [6.07, 6.45) is -0.308. The normalized spacial score (nSPS) is 14.1. The summed E-state index contributed by atoms with van der Waals surface area (Å²) in [6, 6.07) is 14.1. The lowest BCUT2D eigenvalue weighted by Gasteiger charge is -2.19. The van der Waals surface area contributed by atoms with E-state index < -0.39 is 36.7 Å². The second kappa shape index (κ2) is 10.1. The van der Waals surface area contributed by atoms with E-state index in [0.29, 0.717) is 6.42 Å². The van der Waals surface area contributed by atoms with Crippen molar-refractivity contribution >= 4 is 18.0 Å². The minimum absolute atomic E-state index is 0.0672. The number of carboxylic acids is 1. The van der Waals surface area contributed by atoms with Gasteiger partial charge >= 0.3 is 12.1 Å². The monoisotopic (exact) mass is 426 g/mol. The second-order valence-electron chi connectivity index (χ2n) is 7.42. The molecule has 0 fully saturated rings. The van der Waals surface area contributed by atoms with Gasteiger partial charge in [0.2, 0.25) is 5.91 Å². The van der Waals surface area contributed by atoms with Crippen LogP contribution in [0.4, 0.5) is 4.79 Å². The quantitative estimate of drug-likeness (QED) is 0.487. The third kappa shape index (κ3) is 5.21. The number of alkyl carbamates (subject to hydrolysis) is 1. The minimum Gasteiger partial charge on any atom is -0.480 e. The number of amides is 2. The van der Waals surface area contributed by atoms with E-state index in [1.54, 1.807) is 6.92 Å². The summed E-state index contributed by atoms with van der Waals surface area (Å²) < 4.78 is 5.48. The van der Waals surface area contributed by atoms with E-state index in [4.69, 9.17) is 14.9 Å². The van der Waals surface area contributed by atoms with Crippen LogP contribution in [0.2, 0.25) is 0 Å². The molecule has 0 aromatic heterocycles. The summed E-state index contributed by atoms with van der Waals surface area (Å²) in [5, 5.41) is 22.8. The van der Waals surface area contributed by atoms with Gasteiger partial charge in [-0.05, 0) is 28.7 Å². The molecule has 2 aromatic carbocycles. The van der Waals surface area contributed by atoms with Crippen molar-refractivity contribution in [2.24, 2.45) is 0 Å². The summed E-state index contributed by atoms with van der Waals surface area (Å²) in [5.41, 5.74) is 4.47. The number of carbonyl (C=O) groups excluding carboxylic acids is 2. The molecule has 0 unspecified atom stereocenters. The van der Waals surface area contributed by atoms with Crippen molar-refractivity contribution in [1.29, 1.82) is 0 Å². The first-order valence-electron chi connectivity index (χ1n) is 10.2. The standard InChI is InChI=1S/C23H26N2O6/c1-2-14(11-21(27)25-20(12-26)22(28)29)24-23(30)31-13-19-17-9-5-3-7-15(17)16-8-4-6-10-18(16)19/h3-10,14,19-20,26H,2,11-13H2,1H3,(H,24,30)(H,25,27)(H,28,29)/t14-,20-/m1/s1. The number of rotatable bonds is 9. The number of carboxylic acid groups (broad SMARTS) is 1. The fourth-order valence-corrected chi connectivity index (χ4v) is 3.77. The zero-order chi connectivity index (χ0) is 22.4. The van der Waals surface area contributed by atoms with Crippen LogP contribution in [0, 0.1) is 0 Å². The Morgan fingerprint density at radius 3 is 2.10 bits per heavy atom. The number of aliphatic hydroxyl groups excluding tert-OH is 1. The van der Waals surface area contributed by atoms with Crippen molar-refractivity contribution in [3.8, 4) is 11.1 Å². The summed E-state index contributed by atoms with van der Waals surface area (Å²) in [7, 11) is 0. The molecule has 8 nitrogen and oxygen atoms in total. The van der Waals surface area contributed by atoms with Crippen LogP contribution >= 0.6 is 0 Å². The highest BCUT2D eigenvalue weighted by Crippen LogP contribution is 2.44. The molecule has 0 heterocycles. The molecule has 1 aliphatic rings. The molecule has 0 aliphatic heterocycles. The predicted molar refractivity (Wildman–Crippen MR) is 114 cm³/mol. The van der Waals surface area contributed by atoms with Gasteiger partial charge in [-0.2, -0.15) is 0 Å². The average Bonchev–Trinajstić information content (AvgIpc) is 3.09. The van der Waals surface area contributed by atoms with E-state index in [2.05, 4.69) is 22.8 Å². The van der Waals surface area contributed by atoms with Crippen LogP contribution in [-0.4, -0.2) is 53.5 Å².